The smallest absolute Gasteiger partial charge is 0.222 e. The van der Waals surface area contributed by atoms with Gasteiger partial charge in [0.1, 0.15) is 0 Å². The molecule has 0 bridgehead atoms. The van der Waals surface area contributed by atoms with Crippen LogP contribution < -0.4 is 10.2 Å². The number of benzene rings is 1. The molecule has 0 unspecified atom stereocenters. The second-order valence-electron chi connectivity index (χ2n) is 7.44. The van der Waals surface area contributed by atoms with Gasteiger partial charge in [-0.3, -0.25) is 9.59 Å². The third-order valence-corrected chi connectivity index (χ3v) is 4.83. The third kappa shape index (κ3) is 7.06. The molecule has 1 aromatic carbocycles. The van der Waals surface area contributed by atoms with E-state index in [0.717, 1.165) is 39.0 Å². The molecular weight excluding hydrogens is 326 g/mol. The zero-order chi connectivity index (χ0) is 18.8. The Kier molecular flexibility index (Phi) is 8.45. The van der Waals surface area contributed by atoms with Gasteiger partial charge in [0.2, 0.25) is 11.8 Å². The van der Waals surface area contributed by atoms with Crippen molar-refractivity contribution in [2.45, 2.75) is 46.0 Å². The molecule has 0 atom stereocenters. The first-order valence-corrected chi connectivity index (χ1v) is 9.90. The summed E-state index contributed by atoms with van der Waals surface area (Å²) in [6, 6.07) is 10.3. The van der Waals surface area contributed by atoms with Gasteiger partial charge in [-0.1, -0.05) is 38.5 Å². The molecule has 5 heteroatoms. The second-order valence-corrected chi connectivity index (χ2v) is 7.44. The van der Waals surface area contributed by atoms with Gasteiger partial charge < -0.3 is 15.1 Å². The van der Waals surface area contributed by atoms with Crippen LogP contribution in [0, 0.1) is 5.92 Å². The molecule has 0 aliphatic carbocycles. The van der Waals surface area contributed by atoms with E-state index in [1.54, 1.807) is 0 Å². The molecule has 26 heavy (non-hydrogen) atoms. The van der Waals surface area contributed by atoms with E-state index in [1.807, 2.05) is 23.1 Å². The summed E-state index contributed by atoms with van der Waals surface area (Å²) in [5.74, 6) is 0.948. The lowest BCUT2D eigenvalue weighted by Gasteiger charge is -2.36. The van der Waals surface area contributed by atoms with E-state index in [4.69, 9.17) is 0 Å². The van der Waals surface area contributed by atoms with E-state index in [9.17, 15) is 9.59 Å². The summed E-state index contributed by atoms with van der Waals surface area (Å²) in [4.78, 5) is 28.3. The molecule has 0 saturated carbocycles. The molecule has 1 aromatic rings. The Morgan fingerprint density at radius 2 is 1.69 bits per heavy atom. The Balaban J connectivity index is 1.57. The van der Waals surface area contributed by atoms with Crippen LogP contribution in [0.15, 0.2) is 30.3 Å². The zero-order valence-electron chi connectivity index (χ0n) is 16.2. The van der Waals surface area contributed by atoms with Gasteiger partial charge in [0.25, 0.3) is 0 Å². The van der Waals surface area contributed by atoms with E-state index in [2.05, 4.69) is 36.2 Å². The van der Waals surface area contributed by atoms with Crippen molar-refractivity contribution >= 4 is 17.5 Å². The van der Waals surface area contributed by atoms with Crippen molar-refractivity contribution in [2.24, 2.45) is 5.92 Å². The van der Waals surface area contributed by atoms with Crippen LogP contribution >= 0.6 is 0 Å². The Bertz CT molecular complexity index is 552. The van der Waals surface area contributed by atoms with Crippen molar-refractivity contribution in [1.29, 1.82) is 0 Å². The van der Waals surface area contributed by atoms with E-state index in [1.165, 1.54) is 5.69 Å². The molecule has 1 heterocycles. The molecule has 2 rings (SSSR count). The second kappa shape index (κ2) is 10.8. The first-order chi connectivity index (χ1) is 12.6. The maximum Gasteiger partial charge on any atom is 0.222 e. The van der Waals surface area contributed by atoms with Crippen LogP contribution in [0.3, 0.4) is 0 Å². The molecule has 1 saturated heterocycles. The topological polar surface area (TPSA) is 52.7 Å². The first-order valence-electron chi connectivity index (χ1n) is 9.90. The van der Waals surface area contributed by atoms with Crippen LogP contribution in [0.4, 0.5) is 5.69 Å². The average Bonchev–Trinajstić information content (AvgIpc) is 2.65. The fourth-order valence-electron chi connectivity index (χ4n) is 3.24. The fourth-order valence-corrected chi connectivity index (χ4v) is 3.24. The van der Waals surface area contributed by atoms with Crippen LogP contribution in [0.2, 0.25) is 0 Å². The molecule has 1 aliphatic heterocycles. The maximum absolute atomic E-state index is 12.3. The molecule has 2 amide bonds. The minimum atomic E-state index is 0.106. The van der Waals surface area contributed by atoms with Gasteiger partial charge in [-0.2, -0.15) is 0 Å². The molecular formula is C21H33N3O2. The summed E-state index contributed by atoms with van der Waals surface area (Å²) in [5, 5.41) is 2.93. The van der Waals surface area contributed by atoms with Crippen molar-refractivity contribution in [1.82, 2.24) is 10.2 Å². The zero-order valence-corrected chi connectivity index (χ0v) is 16.2. The number of hydrogen-bond acceptors (Lipinski definition) is 3. The lowest BCUT2D eigenvalue weighted by atomic mass is 10.1. The number of nitrogens with zero attached hydrogens (tertiary/aromatic N) is 2. The maximum atomic E-state index is 12.3. The monoisotopic (exact) mass is 359 g/mol. The molecule has 1 fully saturated rings. The van der Waals surface area contributed by atoms with Crippen molar-refractivity contribution in [3.05, 3.63) is 30.3 Å². The van der Waals surface area contributed by atoms with E-state index in [0.29, 0.717) is 31.7 Å². The minimum absolute atomic E-state index is 0.106. The van der Waals surface area contributed by atoms with Crippen LogP contribution in [-0.4, -0.2) is 49.4 Å². The SMILES string of the molecule is CC(C)CCCC(=O)NCCCC(=O)N1CCN(c2ccccc2)CC1. The number of piperazine rings is 1. The number of amides is 2. The molecule has 0 aromatic heterocycles. The highest BCUT2D eigenvalue weighted by Gasteiger charge is 2.20. The van der Waals surface area contributed by atoms with Gasteiger partial charge in [-0.05, 0) is 30.9 Å². The third-order valence-electron chi connectivity index (χ3n) is 4.83. The summed E-state index contributed by atoms with van der Waals surface area (Å²) >= 11 is 0. The fraction of sp³-hybridized carbons (Fsp3) is 0.619. The first kappa shape index (κ1) is 20.3. The summed E-state index contributed by atoms with van der Waals surface area (Å²) in [5.41, 5.74) is 1.22. The van der Waals surface area contributed by atoms with Crippen LogP contribution in [-0.2, 0) is 9.59 Å². The quantitative estimate of drug-likeness (QED) is 0.690. The summed E-state index contributed by atoms with van der Waals surface area (Å²) < 4.78 is 0. The lowest BCUT2D eigenvalue weighted by molar-refractivity contribution is -0.131. The summed E-state index contributed by atoms with van der Waals surface area (Å²) in [6.45, 7) is 8.23. The number of nitrogens with one attached hydrogen (secondary N) is 1. The summed E-state index contributed by atoms with van der Waals surface area (Å²) in [6.07, 6.45) is 3.84. The molecule has 5 nitrogen and oxygen atoms in total. The highest BCUT2D eigenvalue weighted by atomic mass is 16.2. The van der Waals surface area contributed by atoms with E-state index in [-0.39, 0.29) is 11.8 Å². The number of carbonyl (C=O) groups is 2. The van der Waals surface area contributed by atoms with Gasteiger partial charge in [-0.15, -0.1) is 0 Å². The van der Waals surface area contributed by atoms with Gasteiger partial charge >= 0.3 is 0 Å². The Labute approximate surface area is 157 Å². The van der Waals surface area contributed by atoms with Crippen LogP contribution in [0.25, 0.3) is 0 Å². The normalized spacial score (nSPS) is 14.6. The van der Waals surface area contributed by atoms with Crippen LogP contribution in [0.1, 0.15) is 46.0 Å². The van der Waals surface area contributed by atoms with Crippen molar-refractivity contribution in [2.75, 3.05) is 37.6 Å². The molecule has 0 spiro atoms. The van der Waals surface area contributed by atoms with Gasteiger partial charge in [0.05, 0.1) is 0 Å². The Morgan fingerprint density at radius 3 is 2.35 bits per heavy atom. The number of rotatable bonds is 9. The van der Waals surface area contributed by atoms with E-state index >= 15 is 0 Å². The lowest BCUT2D eigenvalue weighted by Crippen LogP contribution is -2.48. The number of para-hydroxylation sites is 1. The molecule has 1 N–H and O–H groups in total. The average molecular weight is 360 g/mol. The predicted octanol–water partition coefficient (Wildman–Crippen LogP) is 3.06. The Morgan fingerprint density at radius 1 is 1.00 bits per heavy atom. The molecule has 144 valence electrons. The highest BCUT2D eigenvalue weighted by Crippen LogP contribution is 2.16. The number of anilines is 1. The standard InChI is InChI=1S/C21H33N3O2/c1-18(2)8-6-11-20(25)22-13-7-12-21(26)24-16-14-23(15-17-24)19-9-4-3-5-10-19/h3-5,9-10,18H,6-8,11-17H2,1-2H3,(H,22,25). The summed E-state index contributed by atoms with van der Waals surface area (Å²) in [7, 11) is 0. The van der Waals surface area contributed by atoms with Gasteiger partial charge in [0.15, 0.2) is 0 Å². The van der Waals surface area contributed by atoms with E-state index < -0.39 is 0 Å². The van der Waals surface area contributed by atoms with Crippen molar-refractivity contribution in [3.8, 4) is 0 Å². The van der Waals surface area contributed by atoms with Crippen molar-refractivity contribution < 1.29 is 9.59 Å². The molecule has 1 aliphatic rings. The molecule has 0 radical (unpaired) electrons. The largest absolute Gasteiger partial charge is 0.368 e. The Hall–Kier alpha value is -2.04. The highest BCUT2D eigenvalue weighted by molar-refractivity contribution is 5.77. The van der Waals surface area contributed by atoms with Gasteiger partial charge in [0, 0.05) is 51.3 Å². The number of carbonyl (C=O) groups excluding carboxylic acids is 2. The van der Waals surface area contributed by atoms with Gasteiger partial charge in [-0.25, -0.2) is 0 Å². The number of hydrogen-bond donors (Lipinski definition) is 1. The van der Waals surface area contributed by atoms with Crippen LogP contribution in [0.5, 0.6) is 0 Å². The minimum Gasteiger partial charge on any atom is -0.368 e. The predicted molar refractivity (Wildman–Crippen MR) is 106 cm³/mol. The van der Waals surface area contributed by atoms with Crippen molar-refractivity contribution in [3.63, 3.8) is 0 Å².